The van der Waals surface area contributed by atoms with Crippen LogP contribution in [0.2, 0.25) is 0 Å². The molecule has 1 amide bonds. The molecule has 2 heterocycles. The van der Waals surface area contributed by atoms with Gasteiger partial charge in [0, 0.05) is 24.5 Å². The van der Waals surface area contributed by atoms with Crippen LogP contribution in [0.3, 0.4) is 0 Å². The number of benzene rings is 1. The average Bonchev–Trinajstić information content (AvgIpc) is 2.87. The standard InChI is InChI=1S/C20H26N4O/c1-14-8-9-17(12-15(14)2)22-19(25)18-13-16(3)21-20(23-18)24-10-6-4-5-7-11-24/h8-9,12-13H,4-7,10-11H2,1-3H3,(H,22,25). The highest BCUT2D eigenvalue weighted by Gasteiger charge is 2.16. The molecule has 5 nitrogen and oxygen atoms in total. The Morgan fingerprint density at radius 3 is 2.36 bits per heavy atom. The molecule has 0 spiro atoms. The van der Waals surface area contributed by atoms with Crippen LogP contribution in [0.5, 0.6) is 0 Å². The molecule has 1 N–H and O–H groups in total. The summed E-state index contributed by atoms with van der Waals surface area (Å²) in [4.78, 5) is 23.9. The Hall–Kier alpha value is -2.43. The maximum absolute atomic E-state index is 12.6. The highest BCUT2D eigenvalue weighted by atomic mass is 16.1. The minimum absolute atomic E-state index is 0.190. The zero-order chi connectivity index (χ0) is 17.8. The zero-order valence-electron chi connectivity index (χ0n) is 15.3. The number of carbonyl (C=O) groups excluding carboxylic acids is 1. The number of rotatable bonds is 3. The van der Waals surface area contributed by atoms with Gasteiger partial charge in [-0.3, -0.25) is 4.79 Å². The van der Waals surface area contributed by atoms with Gasteiger partial charge in [-0.1, -0.05) is 18.9 Å². The zero-order valence-corrected chi connectivity index (χ0v) is 15.3. The van der Waals surface area contributed by atoms with Crippen LogP contribution in [0.4, 0.5) is 11.6 Å². The first-order valence-corrected chi connectivity index (χ1v) is 9.02. The van der Waals surface area contributed by atoms with E-state index in [0.717, 1.165) is 42.9 Å². The van der Waals surface area contributed by atoms with E-state index in [1.54, 1.807) is 6.07 Å². The fourth-order valence-electron chi connectivity index (χ4n) is 3.10. The molecule has 2 aromatic rings. The molecule has 0 aliphatic carbocycles. The first-order valence-electron chi connectivity index (χ1n) is 9.02. The van der Waals surface area contributed by atoms with Gasteiger partial charge < -0.3 is 10.2 Å². The smallest absolute Gasteiger partial charge is 0.274 e. The van der Waals surface area contributed by atoms with Crippen LogP contribution in [0, 0.1) is 20.8 Å². The lowest BCUT2D eigenvalue weighted by atomic mass is 10.1. The summed E-state index contributed by atoms with van der Waals surface area (Å²) < 4.78 is 0. The summed E-state index contributed by atoms with van der Waals surface area (Å²) in [7, 11) is 0. The van der Waals surface area contributed by atoms with E-state index in [1.165, 1.54) is 18.4 Å². The monoisotopic (exact) mass is 338 g/mol. The molecular weight excluding hydrogens is 312 g/mol. The summed E-state index contributed by atoms with van der Waals surface area (Å²) >= 11 is 0. The van der Waals surface area contributed by atoms with Crippen LogP contribution in [0.15, 0.2) is 24.3 Å². The van der Waals surface area contributed by atoms with Crippen molar-refractivity contribution in [2.75, 3.05) is 23.3 Å². The van der Waals surface area contributed by atoms with Crippen molar-refractivity contribution in [3.8, 4) is 0 Å². The van der Waals surface area contributed by atoms with Crippen LogP contribution in [0.1, 0.15) is 53.0 Å². The first kappa shape index (κ1) is 17.4. The molecule has 1 aromatic carbocycles. The summed E-state index contributed by atoms with van der Waals surface area (Å²) in [6.07, 6.45) is 4.81. The predicted octanol–water partition coefficient (Wildman–Crippen LogP) is 4.03. The molecule has 25 heavy (non-hydrogen) atoms. The maximum atomic E-state index is 12.6. The molecule has 0 radical (unpaired) electrons. The van der Waals surface area contributed by atoms with E-state index < -0.39 is 0 Å². The number of carbonyl (C=O) groups is 1. The van der Waals surface area contributed by atoms with Gasteiger partial charge in [-0.15, -0.1) is 0 Å². The second kappa shape index (κ2) is 7.64. The second-order valence-corrected chi connectivity index (χ2v) is 6.85. The maximum Gasteiger partial charge on any atom is 0.274 e. The summed E-state index contributed by atoms with van der Waals surface area (Å²) in [5, 5.41) is 2.95. The Kier molecular flexibility index (Phi) is 5.31. The molecule has 0 bridgehead atoms. The lowest BCUT2D eigenvalue weighted by Gasteiger charge is -2.21. The SMILES string of the molecule is Cc1cc(C(=O)Nc2ccc(C)c(C)c2)nc(N2CCCCCC2)n1. The van der Waals surface area contributed by atoms with Crippen molar-refractivity contribution in [1.29, 1.82) is 0 Å². The third-order valence-electron chi connectivity index (χ3n) is 4.73. The van der Waals surface area contributed by atoms with Gasteiger partial charge in [0.1, 0.15) is 5.69 Å². The van der Waals surface area contributed by atoms with Gasteiger partial charge in [0.2, 0.25) is 5.95 Å². The van der Waals surface area contributed by atoms with Crippen LogP contribution in [-0.4, -0.2) is 29.0 Å². The van der Waals surface area contributed by atoms with Crippen molar-refractivity contribution < 1.29 is 4.79 Å². The van der Waals surface area contributed by atoms with Crippen molar-refractivity contribution >= 4 is 17.5 Å². The lowest BCUT2D eigenvalue weighted by Crippen LogP contribution is -2.27. The first-order chi connectivity index (χ1) is 12.0. The average molecular weight is 338 g/mol. The predicted molar refractivity (Wildman–Crippen MR) is 101 cm³/mol. The Balaban J connectivity index is 1.80. The quantitative estimate of drug-likeness (QED) is 0.918. The Morgan fingerprint density at radius 1 is 0.960 bits per heavy atom. The van der Waals surface area contributed by atoms with E-state index in [4.69, 9.17) is 0 Å². The van der Waals surface area contributed by atoms with Gasteiger partial charge in [-0.05, 0) is 62.9 Å². The highest BCUT2D eigenvalue weighted by Crippen LogP contribution is 2.18. The number of anilines is 2. The van der Waals surface area contributed by atoms with Gasteiger partial charge >= 0.3 is 0 Å². The van der Waals surface area contributed by atoms with Crippen molar-refractivity contribution in [3.05, 3.63) is 46.8 Å². The van der Waals surface area contributed by atoms with Crippen molar-refractivity contribution in [1.82, 2.24) is 9.97 Å². The molecule has 1 aliphatic heterocycles. The highest BCUT2D eigenvalue weighted by molar-refractivity contribution is 6.03. The Morgan fingerprint density at radius 2 is 1.68 bits per heavy atom. The van der Waals surface area contributed by atoms with Gasteiger partial charge in [0.25, 0.3) is 5.91 Å². The topological polar surface area (TPSA) is 58.1 Å². The van der Waals surface area contributed by atoms with E-state index in [1.807, 2.05) is 32.0 Å². The van der Waals surface area contributed by atoms with Crippen molar-refractivity contribution in [3.63, 3.8) is 0 Å². The number of hydrogen-bond acceptors (Lipinski definition) is 4. The van der Waals surface area contributed by atoms with Crippen molar-refractivity contribution in [2.45, 2.75) is 46.5 Å². The fourth-order valence-corrected chi connectivity index (χ4v) is 3.10. The van der Waals surface area contributed by atoms with Crippen LogP contribution >= 0.6 is 0 Å². The molecule has 0 atom stereocenters. The summed E-state index contributed by atoms with van der Waals surface area (Å²) in [6, 6.07) is 7.66. The number of aryl methyl sites for hydroxylation is 3. The lowest BCUT2D eigenvalue weighted by molar-refractivity contribution is 0.102. The molecule has 0 unspecified atom stereocenters. The number of aromatic nitrogens is 2. The van der Waals surface area contributed by atoms with Gasteiger partial charge in [0.15, 0.2) is 0 Å². The van der Waals surface area contributed by atoms with E-state index in [9.17, 15) is 4.79 Å². The molecule has 132 valence electrons. The summed E-state index contributed by atoms with van der Waals surface area (Å²) in [6.45, 7) is 7.93. The fraction of sp³-hybridized carbons (Fsp3) is 0.450. The molecule has 3 rings (SSSR count). The molecule has 1 aromatic heterocycles. The second-order valence-electron chi connectivity index (χ2n) is 6.85. The third-order valence-corrected chi connectivity index (χ3v) is 4.73. The normalized spacial score (nSPS) is 14.9. The number of nitrogens with one attached hydrogen (secondary N) is 1. The minimum atomic E-state index is -0.190. The van der Waals surface area contributed by atoms with Crippen molar-refractivity contribution in [2.24, 2.45) is 0 Å². The third kappa shape index (κ3) is 4.35. The van der Waals surface area contributed by atoms with Crippen LogP contribution in [-0.2, 0) is 0 Å². The summed E-state index contributed by atoms with van der Waals surface area (Å²) in [5.74, 6) is 0.483. The van der Waals surface area contributed by atoms with Gasteiger partial charge in [0.05, 0.1) is 0 Å². The minimum Gasteiger partial charge on any atom is -0.341 e. The molecule has 5 heteroatoms. The Bertz CT molecular complexity index is 764. The molecular formula is C20H26N4O. The number of nitrogens with zero attached hydrogens (tertiary/aromatic N) is 3. The number of hydrogen-bond donors (Lipinski definition) is 1. The van der Waals surface area contributed by atoms with E-state index in [2.05, 4.69) is 27.1 Å². The largest absolute Gasteiger partial charge is 0.341 e. The summed E-state index contributed by atoms with van der Waals surface area (Å²) in [5.41, 5.74) is 4.39. The van der Waals surface area contributed by atoms with E-state index in [0.29, 0.717) is 11.6 Å². The molecule has 1 fully saturated rings. The number of amides is 1. The van der Waals surface area contributed by atoms with Crippen LogP contribution < -0.4 is 10.2 Å². The van der Waals surface area contributed by atoms with E-state index in [-0.39, 0.29) is 5.91 Å². The van der Waals surface area contributed by atoms with Gasteiger partial charge in [-0.2, -0.15) is 0 Å². The molecule has 1 aliphatic rings. The van der Waals surface area contributed by atoms with E-state index >= 15 is 0 Å². The van der Waals surface area contributed by atoms with Crippen LogP contribution in [0.25, 0.3) is 0 Å². The molecule has 1 saturated heterocycles. The Labute approximate surface area is 149 Å². The van der Waals surface area contributed by atoms with Gasteiger partial charge in [-0.25, -0.2) is 9.97 Å². The molecule has 0 saturated carbocycles.